The topological polar surface area (TPSA) is 61.9 Å². The predicted molar refractivity (Wildman–Crippen MR) is 113 cm³/mol. The van der Waals surface area contributed by atoms with Crippen molar-refractivity contribution in [3.63, 3.8) is 0 Å². The first-order valence-electron chi connectivity index (χ1n) is 9.63. The standard InChI is InChI=1S/C22H19FN4OS/c23-17-7-6-14(12-27-9-3-4-10-27)11-15(17)16-13-29-20-19(16)25-21(26-22(20)28)18-5-1-2-8-24-18/h1-2,5-8,11,13H,3-4,9-10,12H2,(H,25,26,28). The zero-order valence-electron chi connectivity index (χ0n) is 15.7. The fourth-order valence-corrected chi connectivity index (χ4v) is 4.72. The van der Waals surface area contributed by atoms with Crippen LogP contribution >= 0.6 is 11.3 Å². The number of hydrogen-bond acceptors (Lipinski definition) is 5. The number of pyridine rings is 1. The molecular weight excluding hydrogens is 387 g/mol. The molecule has 1 aliphatic rings. The molecule has 0 saturated carbocycles. The van der Waals surface area contributed by atoms with E-state index in [1.165, 1.54) is 30.2 Å². The largest absolute Gasteiger partial charge is 0.304 e. The summed E-state index contributed by atoms with van der Waals surface area (Å²) >= 11 is 1.28. The Morgan fingerprint density at radius 1 is 1.14 bits per heavy atom. The van der Waals surface area contributed by atoms with Crippen molar-refractivity contribution in [1.29, 1.82) is 0 Å². The van der Waals surface area contributed by atoms with E-state index < -0.39 is 0 Å². The lowest BCUT2D eigenvalue weighted by molar-refractivity contribution is 0.331. The molecule has 0 bridgehead atoms. The number of nitrogens with zero attached hydrogens (tertiary/aromatic N) is 3. The van der Waals surface area contributed by atoms with Gasteiger partial charge in [0.15, 0.2) is 5.82 Å². The van der Waals surface area contributed by atoms with E-state index >= 15 is 0 Å². The first kappa shape index (κ1) is 18.1. The van der Waals surface area contributed by atoms with Crippen LogP contribution < -0.4 is 5.56 Å². The highest BCUT2D eigenvalue weighted by molar-refractivity contribution is 7.17. The van der Waals surface area contributed by atoms with Crippen molar-refractivity contribution in [2.24, 2.45) is 0 Å². The van der Waals surface area contributed by atoms with Crippen molar-refractivity contribution in [2.45, 2.75) is 19.4 Å². The molecule has 29 heavy (non-hydrogen) atoms. The van der Waals surface area contributed by atoms with Gasteiger partial charge in [-0.05, 0) is 55.8 Å². The fraction of sp³-hybridized carbons (Fsp3) is 0.227. The molecule has 7 heteroatoms. The van der Waals surface area contributed by atoms with E-state index in [4.69, 9.17) is 0 Å². The second-order valence-electron chi connectivity index (χ2n) is 7.25. The fourth-order valence-electron chi connectivity index (χ4n) is 3.82. The molecule has 0 spiro atoms. The van der Waals surface area contributed by atoms with Crippen LogP contribution in [-0.2, 0) is 6.54 Å². The molecule has 1 N–H and O–H groups in total. The van der Waals surface area contributed by atoms with Crippen molar-refractivity contribution >= 4 is 21.6 Å². The van der Waals surface area contributed by atoms with Gasteiger partial charge in [0, 0.05) is 29.2 Å². The number of fused-ring (bicyclic) bond motifs is 1. The number of thiophene rings is 1. The first-order valence-corrected chi connectivity index (χ1v) is 10.5. The highest BCUT2D eigenvalue weighted by Gasteiger charge is 2.18. The van der Waals surface area contributed by atoms with Gasteiger partial charge >= 0.3 is 0 Å². The molecule has 0 aliphatic carbocycles. The molecule has 5 nitrogen and oxygen atoms in total. The Balaban J connectivity index is 1.61. The summed E-state index contributed by atoms with van der Waals surface area (Å²) in [5.74, 6) is 0.0766. The van der Waals surface area contributed by atoms with Crippen molar-refractivity contribution < 1.29 is 4.39 Å². The Labute approximate surface area is 170 Å². The van der Waals surface area contributed by atoms with E-state index in [-0.39, 0.29) is 11.4 Å². The Morgan fingerprint density at radius 2 is 2.00 bits per heavy atom. The van der Waals surface area contributed by atoms with Crippen LogP contribution in [0.4, 0.5) is 4.39 Å². The van der Waals surface area contributed by atoms with Crippen LogP contribution in [0.2, 0.25) is 0 Å². The molecule has 5 rings (SSSR count). The maximum Gasteiger partial charge on any atom is 0.269 e. The van der Waals surface area contributed by atoms with Gasteiger partial charge in [0.1, 0.15) is 16.2 Å². The molecule has 0 atom stereocenters. The van der Waals surface area contributed by atoms with E-state index in [0.29, 0.717) is 32.9 Å². The Bertz CT molecular complexity index is 1230. The van der Waals surface area contributed by atoms with E-state index in [9.17, 15) is 9.18 Å². The van der Waals surface area contributed by atoms with Crippen LogP contribution in [0, 0.1) is 5.82 Å². The average Bonchev–Trinajstić information content (AvgIpc) is 3.40. The second kappa shape index (κ2) is 7.50. The van der Waals surface area contributed by atoms with Gasteiger partial charge in [-0.25, -0.2) is 9.37 Å². The molecule has 0 radical (unpaired) electrons. The zero-order valence-corrected chi connectivity index (χ0v) is 16.5. The Morgan fingerprint density at radius 3 is 2.79 bits per heavy atom. The number of likely N-dealkylation sites (tertiary alicyclic amines) is 1. The summed E-state index contributed by atoms with van der Waals surface area (Å²) in [6.45, 7) is 2.97. The summed E-state index contributed by atoms with van der Waals surface area (Å²) in [5.41, 5.74) is 3.05. The van der Waals surface area contributed by atoms with Crippen LogP contribution in [0.15, 0.2) is 52.8 Å². The normalized spacial score (nSPS) is 14.7. The number of benzene rings is 1. The molecule has 4 heterocycles. The smallest absolute Gasteiger partial charge is 0.269 e. The number of aromatic nitrogens is 3. The zero-order chi connectivity index (χ0) is 19.8. The van der Waals surface area contributed by atoms with E-state index in [1.54, 1.807) is 18.3 Å². The van der Waals surface area contributed by atoms with Crippen molar-refractivity contribution in [3.8, 4) is 22.6 Å². The summed E-state index contributed by atoms with van der Waals surface area (Å²) < 4.78 is 15.3. The molecule has 4 aromatic rings. The third kappa shape index (κ3) is 3.47. The van der Waals surface area contributed by atoms with E-state index in [1.807, 2.05) is 23.6 Å². The lowest BCUT2D eigenvalue weighted by Gasteiger charge is -2.15. The van der Waals surface area contributed by atoms with E-state index in [2.05, 4.69) is 19.9 Å². The average molecular weight is 406 g/mol. The predicted octanol–water partition coefficient (Wildman–Crippen LogP) is 4.45. The summed E-state index contributed by atoms with van der Waals surface area (Å²) in [6, 6.07) is 10.7. The van der Waals surface area contributed by atoms with Gasteiger partial charge in [0.2, 0.25) is 0 Å². The minimum absolute atomic E-state index is 0.236. The summed E-state index contributed by atoms with van der Waals surface area (Å²) in [5, 5.41) is 1.81. The van der Waals surface area contributed by atoms with Crippen LogP contribution in [0.1, 0.15) is 18.4 Å². The number of aromatic amines is 1. The van der Waals surface area contributed by atoms with Gasteiger partial charge in [0.05, 0.1) is 5.52 Å². The van der Waals surface area contributed by atoms with Crippen molar-refractivity contribution in [3.05, 3.63) is 69.7 Å². The quantitative estimate of drug-likeness (QED) is 0.544. The minimum atomic E-state index is -0.309. The number of halogens is 1. The number of nitrogens with one attached hydrogen (secondary N) is 1. The minimum Gasteiger partial charge on any atom is -0.304 e. The molecule has 146 valence electrons. The van der Waals surface area contributed by atoms with Crippen molar-refractivity contribution in [1.82, 2.24) is 19.9 Å². The van der Waals surface area contributed by atoms with Crippen LogP contribution in [0.25, 0.3) is 32.9 Å². The van der Waals surface area contributed by atoms with Crippen molar-refractivity contribution in [2.75, 3.05) is 13.1 Å². The number of rotatable bonds is 4. The van der Waals surface area contributed by atoms with Gasteiger partial charge in [-0.1, -0.05) is 12.1 Å². The molecule has 1 fully saturated rings. The Kier molecular flexibility index (Phi) is 4.69. The first-order chi connectivity index (χ1) is 14.2. The van der Waals surface area contributed by atoms with Gasteiger partial charge in [-0.15, -0.1) is 11.3 Å². The highest BCUT2D eigenvalue weighted by atomic mass is 32.1. The summed E-state index contributed by atoms with van der Waals surface area (Å²) in [6.07, 6.45) is 4.08. The Hall–Kier alpha value is -2.90. The molecule has 1 saturated heterocycles. The third-order valence-electron chi connectivity index (χ3n) is 5.26. The molecule has 3 aromatic heterocycles. The van der Waals surface area contributed by atoms with Gasteiger partial charge < -0.3 is 4.98 Å². The van der Waals surface area contributed by atoms with Crippen LogP contribution in [0.5, 0.6) is 0 Å². The van der Waals surface area contributed by atoms with Gasteiger partial charge in [-0.3, -0.25) is 14.7 Å². The molecular formula is C22H19FN4OS. The summed E-state index contributed by atoms with van der Waals surface area (Å²) in [4.78, 5) is 26.6. The molecule has 1 aromatic carbocycles. The highest BCUT2D eigenvalue weighted by Crippen LogP contribution is 2.34. The lowest BCUT2D eigenvalue weighted by atomic mass is 10.0. The lowest BCUT2D eigenvalue weighted by Crippen LogP contribution is -2.18. The summed E-state index contributed by atoms with van der Waals surface area (Å²) in [7, 11) is 0. The third-order valence-corrected chi connectivity index (χ3v) is 6.23. The monoisotopic (exact) mass is 406 g/mol. The second-order valence-corrected chi connectivity index (χ2v) is 8.13. The van der Waals surface area contributed by atoms with Gasteiger partial charge in [-0.2, -0.15) is 0 Å². The number of hydrogen-bond donors (Lipinski definition) is 1. The maximum atomic E-state index is 14.8. The molecule has 0 unspecified atom stereocenters. The van der Waals surface area contributed by atoms with E-state index in [0.717, 1.165) is 25.2 Å². The van der Waals surface area contributed by atoms with Crippen LogP contribution in [0.3, 0.4) is 0 Å². The maximum absolute atomic E-state index is 14.8. The van der Waals surface area contributed by atoms with Gasteiger partial charge in [0.25, 0.3) is 5.56 Å². The van der Waals surface area contributed by atoms with Crippen LogP contribution in [-0.4, -0.2) is 32.9 Å². The SMILES string of the molecule is O=c1[nH]c(-c2ccccn2)nc2c(-c3cc(CN4CCCC4)ccc3F)csc12. The molecule has 0 amide bonds. The number of H-pyrrole nitrogens is 1. The molecule has 1 aliphatic heterocycles.